The topological polar surface area (TPSA) is 65.2 Å². The summed E-state index contributed by atoms with van der Waals surface area (Å²) in [7, 11) is 0. The van der Waals surface area contributed by atoms with Gasteiger partial charge in [-0.15, -0.1) is 0 Å². The second-order valence-corrected chi connectivity index (χ2v) is 4.92. The number of nitrogens with two attached hydrogens (primary N) is 1. The number of rotatable bonds is 6. The van der Waals surface area contributed by atoms with Gasteiger partial charge in [-0.3, -0.25) is 4.98 Å². The van der Waals surface area contributed by atoms with Gasteiger partial charge in [-0.05, 0) is 42.2 Å². The zero-order valence-corrected chi connectivity index (χ0v) is 12.6. The summed E-state index contributed by atoms with van der Waals surface area (Å²) in [6.07, 6.45) is 7.44. The van der Waals surface area contributed by atoms with E-state index >= 15 is 0 Å². The first-order valence-corrected chi connectivity index (χ1v) is 7.28. The fraction of sp³-hybridized carbons (Fsp3) is 0.222. The number of aromatic nitrogens is 1. The fourth-order valence-corrected chi connectivity index (χ4v) is 2.09. The van der Waals surface area contributed by atoms with E-state index in [4.69, 9.17) is 10.5 Å². The molecular formula is C18H20N2O2. The Morgan fingerprint density at radius 3 is 2.73 bits per heavy atom. The Bertz CT molecular complexity index is 621. The Kier molecular flexibility index (Phi) is 5.86. The lowest BCUT2D eigenvalue weighted by atomic mass is 10.00. The lowest BCUT2D eigenvalue weighted by Gasteiger charge is -2.11. The molecule has 22 heavy (non-hydrogen) atoms. The zero-order valence-electron chi connectivity index (χ0n) is 12.6. The van der Waals surface area contributed by atoms with E-state index in [1.165, 1.54) is 6.08 Å². The first-order valence-electron chi connectivity index (χ1n) is 7.28. The molecule has 0 amide bonds. The molecule has 0 saturated carbocycles. The average Bonchev–Trinajstić information content (AvgIpc) is 2.55. The van der Waals surface area contributed by atoms with Crippen molar-refractivity contribution in [1.29, 1.82) is 0 Å². The summed E-state index contributed by atoms with van der Waals surface area (Å²) >= 11 is 0. The standard InChI is InChI=1S/C18H20N2O2/c1-2-22-18(21)10-9-14-5-7-15(8-6-14)12-17(19)16-4-3-11-20-13-16/h3-11,13,17H,2,12,19H2,1H3. The van der Waals surface area contributed by atoms with Gasteiger partial charge >= 0.3 is 5.97 Å². The number of nitrogens with zero attached hydrogens (tertiary/aromatic N) is 1. The van der Waals surface area contributed by atoms with E-state index in [0.717, 1.165) is 23.1 Å². The third kappa shape index (κ3) is 4.82. The Morgan fingerprint density at radius 1 is 1.32 bits per heavy atom. The maximum atomic E-state index is 11.3. The molecule has 1 aromatic carbocycles. The summed E-state index contributed by atoms with van der Waals surface area (Å²) in [5.41, 5.74) is 9.30. The van der Waals surface area contributed by atoms with Crippen molar-refractivity contribution in [3.05, 3.63) is 71.6 Å². The minimum Gasteiger partial charge on any atom is -0.463 e. The highest BCUT2D eigenvalue weighted by Gasteiger charge is 2.06. The quantitative estimate of drug-likeness (QED) is 0.657. The molecule has 0 fully saturated rings. The van der Waals surface area contributed by atoms with E-state index in [1.807, 2.05) is 36.4 Å². The molecule has 0 radical (unpaired) electrons. The summed E-state index contributed by atoms with van der Waals surface area (Å²) in [6.45, 7) is 2.17. The molecular weight excluding hydrogens is 276 g/mol. The Labute approximate surface area is 130 Å². The van der Waals surface area contributed by atoms with Gasteiger partial charge in [0.15, 0.2) is 0 Å². The van der Waals surface area contributed by atoms with Crippen LogP contribution in [0.5, 0.6) is 0 Å². The number of esters is 1. The van der Waals surface area contributed by atoms with E-state index in [0.29, 0.717) is 6.61 Å². The maximum absolute atomic E-state index is 11.3. The number of carbonyl (C=O) groups is 1. The van der Waals surface area contributed by atoms with Crippen LogP contribution in [0.1, 0.15) is 29.7 Å². The SMILES string of the molecule is CCOC(=O)C=Cc1ccc(CC(N)c2cccnc2)cc1. The second-order valence-electron chi connectivity index (χ2n) is 4.92. The van der Waals surface area contributed by atoms with Gasteiger partial charge in [0.2, 0.25) is 0 Å². The third-order valence-electron chi connectivity index (χ3n) is 3.25. The smallest absolute Gasteiger partial charge is 0.330 e. The van der Waals surface area contributed by atoms with E-state index in [-0.39, 0.29) is 12.0 Å². The van der Waals surface area contributed by atoms with E-state index in [1.54, 1.807) is 25.4 Å². The molecule has 1 heterocycles. The maximum Gasteiger partial charge on any atom is 0.330 e. The molecule has 2 N–H and O–H groups in total. The summed E-state index contributed by atoms with van der Waals surface area (Å²) in [6, 6.07) is 11.7. The van der Waals surface area contributed by atoms with Crippen LogP contribution in [0.15, 0.2) is 54.9 Å². The molecule has 0 saturated heterocycles. The number of benzene rings is 1. The average molecular weight is 296 g/mol. The second kappa shape index (κ2) is 8.10. The van der Waals surface area contributed by atoms with Crippen molar-refractivity contribution in [2.45, 2.75) is 19.4 Å². The van der Waals surface area contributed by atoms with Gasteiger partial charge in [0.05, 0.1) is 6.61 Å². The van der Waals surface area contributed by atoms with E-state index in [9.17, 15) is 4.79 Å². The Morgan fingerprint density at radius 2 is 2.09 bits per heavy atom. The normalized spacial score (nSPS) is 12.3. The molecule has 0 spiro atoms. The molecule has 1 unspecified atom stereocenters. The van der Waals surface area contributed by atoms with Gasteiger partial charge in [0, 0.05) is 24.5 Å². The largest absolute Gasteiger partial charge is 0.463 e. The van der Waals surface area contributed by atoms with Gasteiger partial charge < -0.3 is 10.5 Å². The first kappa shape index (κ1) is 15.9. The van der Waals surface area contributed by atoms with Crippen molar-refractivity contribution in [3.8, 4) is 0 Å². The number of ether oxygens (including phenoxy) is 1. The van der Waals surface area contributed by atoms with Crippen LogP contribution in [0.2, 0.25) is 0 Å². The van der Waals surface area contributed by atoms with Crippen LogP contribution in [0.25, 0.3) is 6.08 Å². The molecule has 1 atom stereocenters. The monoisotopic (exact) mass is 296 g/mol. The molecule has 114 valence electrons. The van der Waals surface area contributed by atoms with Crippen molar-refractivity contribution >= 4 is 12.0 Å². The van der Waals surface area contributed by atoms with Gasteiger partial charge in [0.1, 0.15) is 0 Å². The summed E-state index contributed by atoms with van der Waals surface area (Å²) in [5.74, 6) is -0.329. The molecule has 2 rings (SSSR count). The van der Waals surface area contributed by atoms with Crippen LogP contribution in [0.4, 0.5) is 0 Å². The van der Waals surface area contributed by atoms with Gasteiger partial charge in [0.25, 0.3) is 0 Å². The van der Waals surface area contributed by atoms with Crippen LogP contribution in [-0.2, 0) is 16.0 Å². The first-order chi connectivity index (χ1) is 10.7. The fourth-order valence-electron chi connectivity index (χ4n) is 2.09. The molecule has 0 aliphatic heterocycles. The summed E-state index contributed by atoms with van der Waals surface area (Å²) < 4.78 is 4.84. The van der Waals surface area contributed by atoms with E-state index in [2.05, 4.69) is 4.98 Å². The predicted molar refractivity (Wildman–Crippen MR) is 87.0 cm³/mol. The lowest BCUT2D eigenvalue weighted by molar-refractivity contribution is -0.137. The van der Waals surface area contributed by atoms with E-state index < -0.39 is 0 Å². The van der Waals surface area contributed by atoms with Crippen molar-refractivity contribution in [1.82, 2.24) is 4.98 Å². The number of hydrogen-bond acceptors (Lipinski definition) is 4. The highest BCUT2D eigenvalue weighted by Crippen LogP contribution is 2.16. The summed E-state index contributed by atoms with van der Waals surface area (Å²) in [4.78, 5) is 15.3. The lowest BCUT2D eigenvalue weighted by Crippen LogP contribution is -2.13. The van der Waals surface area contributed by atoms with Crippen molar-refractivity contribution in [3.63, 3.8) is 0 Å². The molecule has 0 aliphatic rings. The van der Waals surface area contributed by atoms with Crippen molar-refractivity contribution in [2.24, 2.45) is 5.73 Å². The molecule has 4 nitrogen and oxygen atoms in total. The predicted octanol–water partition coefficient (Wildman–Crippen LogP) is 2.90. The van der Waals surface area contributed by atoms with Gasteiger partial charge in [-0.25, -0.2) is 4.79 Å². The summed E-state index contributed by atoms with van der Waals surface area (Å²) in [5, 5.41) is 0. The number of hydrogen-bond donors (Lipinski definition) is 1. The molecule has 0 bridgehead atoms. The molecule has 4 heteroatoms. The Balaban J connectivity index is 1.96. The van der Waals surface area contributed by atoms with Crippen molar-refractivity contribution in [2.75, 3.05) is 6.61 Å². The minimum absolute atomic E-state index is 0.0744. The highest BCUT2D eigenvalue weighted by molar-refractivity contribution is 5.87. The molecule has 1 aromatic heterocycles. The van der Waals surface area contributed by atoms with Crippen LogP contribution in [0, 0.1) is 0 Å². The number of carbonyl (C=O) groups excluding carboxylic acids is 1. The van der Waals surface area contributed by atoms with Crippen molar-refractivity contribution < 1.29 is 9.53 Å². The Hall–Kier alpha value is -2.46. The van der Waals surface area contributed by atoms with Gasteiger partial charge in [-0.1, -0.05) is 30.3 Å². The van der Waals surface area contributed by atoms with Crippen LogP contribution in [0.3, 0.4) is 0 Å². The molecule has 2 aromatic rings. The molecule has 0 aliphatic carbocycles. The minimum atomic E-state index is -0.329. The van der Waals surface area contributed by atoms with Crippen LogP contribution < -0.4 is 5.73 Å². The van der Waals surface area contributed by atoms with Crippen LogP contribution in [-0.4, -0.2) is 17.6 Å². The van der Waals surface area contributed by atoms with Gasteiger partial charge in [-0.2, -0.15) is 0 Å². The highest BCUT2D eigenvalue weighted by atomic mass is 16.5. The number of pyridine rings is 1. The third-order valence-corrected chi connectivity index (χ3v) is 3.25. The van der Waals surface area contributed by atoms with Crippen LogP contribution >= 0.6 is 0 Å². The zero-order chi connectivity index (χ0) is 15.8.